The normalized spacial score (nSPS) is 9.24. The summed E-state index contributed by atoms with van der Waals surface area (Å²) in [6, 6.07) is 3.75. The molecule has 0 atom stereocenters. The van der Waals surface area contributed by atoms with E-state index >= 15 is 0 Å². The summed E-state index contributed by atoms with van der Waals surface area (Å²) in [5.41, 5.74) is -0.614. The number of carbonyl (C=O) groups is 1. The number of hydrogen-bond acceptors (Lipinski definition) is 6. The van der Waals surface area contributed by atoms with Gasteiger partial charge in [0.05, 0.1) is 30.8 Å². The molecule has 7 heteroatoms. The highest BCUT2D eigenvalue weighted by Gasteiger charge is 2.22. The van der Waals surface area contributed by atoms with Crippen molar-refractivity contribution in [2.75, 3.05) is 14.2 Å². The number of carbonyl (C=O) groups excluding carboxylic acids is 1. The zero-order chi connectivity index (χ0) is 13.0. The number of ether oxygens (including phenoxy) is 2. The van der Waals surface area contributed by atoms with E-state index in [1.807, 2.05) is 0 Å². The zero-order valence-corrected chi connectivity index (χ0v) is 9.09. The third-order valence-corrected chi connectivity index (χ3v) is 2.03. The lowest BCUT2D eigenvalue weighted by molar-refractivity contribution is -0.385. The Kier molecular flexibility index (Phi) is 3.62. The Morgan fingerprint density at radius 1 is 1.47 bits per heavy atom. The summed E-state index contributed by atoms with van der Waals surface area (Å²) in [7, 11) is 2.39. The van der Waals surface area contributed by atoms with Crippen LogP contribution in [0, 0.1) is 21.4 Å². The molecule has 0 aliphatic heterocycles. The van der Waals surface area contributed by atoms with Crippen molar-refractivity contribution in [1.29, 1.82) is 5.26 Å². The predicted octanol–water partition coefficient (Wildman–Crippen LogP) is 1.26. The van der Waals surface area contributed by atoms with Crippen LogP contribution in [-0.4, -0.2) is 25.1 Å². The first-order chi connectivity index (χ1) is 8.04. The molecular formula is C10H8N2O5. The lowest BCUT2D eigenvalue weighted by Gasteiger charge is -2.07. The van der Waals surface area contributed by atoms with E-state index in [0.29, 0.717) is 0 Å². The molecule has 7 nitrogen and oxygen atoms in total. The summed E-state index contributed by atoms with van der Waals surface area (Å²) < 4.78 is 9.33. The molecule has 0 heterocycles. The Bertz CT molecular complexity index is 518. The van der Waals surface area contributed by atoms with Gasteiger partial charge in [0.2, 0.25) is 0 Å². The Morgan fingerprint density at radius 2 is 2.12 bits per heavy atom. The Balaban J connectivity index is 3.54. The van der Waals surface area contributed by atoms with Crippen LogP contribution < -0.4 is 4.74 Å². The number of esters is 1. The van der Waals surface area contributed by atoms with Crippen molar-refractivity contribution in [1.82, 2.24) is 0 Å². The van der Waals surface area contributed by atoms with Crippen LogP contribution >= 0.6 is 0 Å². The molecule has 0 saturated heterocycles. The van der Waals surface area contributed by atoms with Crippen molar-refractivity contribution in [3.63, 3.8) is 0 Å². The molecule has 1 rings (SSSR count). The zero-order valence-electron chi connectivity index (χ0n) is 9.09. The summed E-state index contributed by atoms with van der Waals surface area (Å²) in [5.74, 6) is -0.851. The number of rotatable bonds is 3. The summed E-state index contributed by atoms with van der Waals surface area (Å²) in [5, 5.41) is 19.5. The minimum absolute atomic E-state index is 0.0670. The van der Waals surface area contributed by atoms with E-state index in [4.69, 9.17) is 10.00 Å². The van der Waals surface area contributed by atoms with Gasteiger partial charge in [-0.25, -0.2) is 4.79 Å². The summed E-state index contributed by atoms with van der Waals surface area (Å²) in [6.07, 6.45) is 0. The van der Waals surface area contributed by atoms with E-state index in [0.717, 1.165) is 19.2 Å². The summed E-state index contributed by atoms with van der Waals surface area (Å²) in [4.78, 5) is 21.4. The molecule has 17 heavy (non-hydrogen) atoms. The monoisotopic (exact) mass is 236 g/mol. The molecule has 0 saturated carbocycles. The van der Waals surface area contributed by atoms with E-state index in [1.54, 1.807) is 6.07 Å². The van der Waals surface area contributed by atoms with Gasteiger partial charge in [-0.1, -0.05) is 0 Å². The fraction of sp³-hybridized carbons (Fsp3) is 0.200. The van der Waals surface area contributed by atoms with Crippen LogP contribution in [0.15, 0.2) is 12.1 Å². The second kappa shape index (κ2) is 4.94. The number of non-ortho nitro benzene ring substituents is 1. The van der Waals surface area contributed by atoms with Gasteiger partial charge in [-0.15, -0.1) is 0 Å². The smallest absolute Gasteiger partial charge is 0.343 e. The van der Waals surface area contributed by atoms with Crippen molar-refractivity contribution >= 4 is 11.7 Å². The highest BCUT2D eigenvalue weighted by Crippen LogP contribution is 2.28. The van der Waals surface area contributed by atoms with Crippen molar-refractivity contribution in [2.45, 2.75) is 0 Å². The van der Waals surface area contributed by atoms with Gasteiger partial charge in [-0.05, 0) is 0 Å². The molecule has 0 radical (unpaired) electrons. The predicted molar refractivity (Wildman–Crippen MR) is 55.7 cm³/mol. The fourth-order valence-electron chi connectivity index (χ4n) is 1.27. The lowest BCUT2D eigenvalue weighted by atomic mass is 10.1. The van der Waals surface area contributed by atoms with Crippen molar-refractivity contribution in [3.8, 4) is 11.8 Å². The SMILES string of the molecule is COC(=O)c1c(C#N)cc([N+](=O)[O-])cc1OC. The van der Waals surface area contributed by atoms with Gasteiger partial charge in [0.15, 0.2) is 0 Å². The molecule has 0 N–H and O–H groups in total. The topological polar surface area (TPSA) is 102 Å². The lowest BCUT2D eigenvalue weighted by Crippen LogP contribution is -2.07. The number of methoxy groups -OCH3 is 2. The number of nitro benzene ring substituents is 1. The van der Waals surface area contributed by atoms with Crippen LogP contribution in [-0.2, 0) is 4.74 Å². The van der Waals surface area contributed by atoms with Gasteiger partial charge < -0.3 is 9.47 Å². The number of nitrogens with zero attached hydrogens (tertiary/aromatic N) is 2. The van der Waals surface area contributed by atoms with E-state index in [1.165, 1.54) is 7.11 Å². The fourth-order valence-corrected chi connectivity index (χ4v) is 1.27. The number of benzene rings is 1. The largest absolute Gasteiger partial charge is 0.496 e. The van der Waals surface area contributed by atoms with Gasteiger partial charge in [-0.3, -0.25) is 10.1 Å². The number of hydrogen-bond donors (Lipinski definition) is 0. The minimum atomic E-state index is -0.784. The highest BCUT2D eigenvalue weighted by atomic mass is 16.6. The first kappa shape index (κ1) is 12.4. The van der Waals surface area contributed by atoms with Crippen LogP contribution in [0.4, 0.5) is 5.69 Å². The maximum absolute atomic E-state index is 11.4. The number of nitro groups is 1. The molecule has 88 valence electrons. The van der Waals surface area contributed by atoms with Crippen LogP contribution in [0.5, 0.6) is 5.75 Å². The second-order valence-corrected chi connectivity index (χ2v) is 2.93. The average Bonchev–Trinajstić information content (AvgIpc) is 2.35. The van der Waals surface area contributed by atoms with Gasteiger partial charge in [0.1, 0.15) is 17.4 Å². The third-order valence-electron chi connectivity index (χ3n) is 2.03. The van der Waals surface area contributed by atoms with Gasteiger partial charge in [0, 0.05) is 6.07 Å². The second-order valence-electron chi connectivity index (χ2n) is 2.93. The maximum Gasteiger partial charge on any atom is 0.343 e. The molecular weight excluding hydrogens is 228 g/mol. The molecule has 0 bridgehead atoms. The summed E-state index contributed by atoms with van der Waals surface area (Å²) >= 11 is 0. The van der Waals surface area contributed by atoms with E-state index in [9.17, 15) is 14.9 Å². The van der Waals surface area contributed by atoms with Crippen LogP contribution in [0.1, 0.15) is 15.9 Å². The Labute approximate surface area is 96.3 Å². The molecule has 1 aromatic carbocycles. The van der Waals surface area contributed by atoms with Crippen LogP contribution in [0.2, 0.25) is 0 Å². The first-order valence-corrected chi connectivity index (χ1v) is 4.40. The molecule has 1 aromatic rings. The molecule has 0 fully saturated rings. The van der Waals surface area contributed by atoms with E-state index < -0.39 is 10.9 Å². The molecule has 0 aliphatic carbocycles. The molecule has 0 spiro atoms. The quantitative estimate of drug-likeness (QED) is 0.444. The van der Waals surface area contributed by atoms with Crippen LogP contribution in [0.25, 0.3) is 0 Å². The summed E-state index contributed by atoms with van der Waals surface area (Å²) in [6.45, 7) is 0. The minimum Gasteiger partial charge on any atom is -0.496 e. The van der Waals surface area contributed by atoms with Crippen molar-refractivity contribution in [2.24, 2.45) is 0 Å². The van der Waals surface area contributed by atoms with Gasteiger partial charge in [0.25, 0.3) is 5.69 Å². The maximum atomic E-state index is 11.4. The van der Waals surface area contributed by atoms with Gasteiger partial charge in [-0.2, -0.15) is 5.26 Å². The first-order valence-electron chi connectivity index (χ1n) is 4.40. The van der Waals surface area contributed by atoms with Crippen molar-refractivity contribution in [3.05, 3.63) is 33.4 Å². The number of nitriles is 1. The third kappa shape index (κ3) is 2.31. The highest BCUT2D eigenvalue weighted by molar-refractivity contribution is 5.95. The standard InChI is InChI=1S/C10H8N2O5/c1-16-8-4-7(12(14)15)3-6(5-11)9(8)10(13)17-2/h3-4H,1-2H3. The van der Waals surface area contributed by atoms with E-state index in [-0.39, 0.29) is 22.6 Å². The Morgan fingerprint density at radius 3 is 2.53 bits per heavy atom. The molecule has 0 amide bonds. The Hall–Kier alpha value is -2.62. The molecule has 0 aliphatic rings. The van der Waals surface area contributed by atoms with E-state index in [2.05, 4.69) is 4.74 Å². The van der Waals surface area contributed by atoms with Crippen molar-refractivity contribution < 1.29 is 19.2 Å². The molecule has 0 unspecified atom stereocenters. The van der Waals surface area contributed by atoms with Crippen LogP contribution in [0.3, 0.4) is 0 Å². The van der Waals surface area contributed by atoms with Gasteiger partial charge >= 0.3 is 5.97 Å². The average molecular weight is 236 g/mol. The molecule has 0 aromatic heterocycles.